The molecule has 76 valence electrons. The van der Waals surface area contributed by atoms with Crippen LogP contribution >= 0.6 is 0 Å². The molecule has 0 atom stereocenters. The summed E-state index contributed by atoms with van der Waals surface area (Å²) >= 11 is 0. The zero-order chi connectivity index (χ0) is 10.8. The molecule has 0 fully saturated rings. The number of rotatable bonds is 1. The van der Waals surface area contributed by atoms with E-state index >= 15 is 0 Å². The van der Waals surface area contributed by atoms with Crippen LogP contribution in [0.25, 0.3) is 11.3 Å². The Labute approximate surface area is 88.0 Å². The van der Waals surface area contributed by atoms with Crippen molar-refractivity contribution in [3.05, 3.63) is 36.0 Å². The van der Waals surface area contributed by atoms with Gasteiger partial charge in [-0.15, -0.1) is 0 Å². The first kappa shape index (κ1) is 9.45. The van der Waals surface area contributed by atoms with E-state index in [1.807, 2.05) is 37.3 Å². The van der Waals surface area contributed by atoms with E-state index in [1.165, 1.54) is 0 Å². The third-order valence-electron chi connectivity index (χ3n) is 2.08. The van der Waals surface area contributed by atoms with Gasteiger partial charge in [-0.3, -0.25) is 0 Å². The molecule has 1 aromatic carbocycles. The maximum absolute atomic E-state index is 5.61. The molecule has 0 aliphatic heterocycles. The Hall–Kier alpha value is -2.10. The number of hydrogen-bond acceptors (Lipinski definition) is 4. The summed E-state index contributed by atoms with van der Waals surface area (Å²) in [6.07, 6.45) is 0. The lowest BCUT2D eigenvalue weighted by Crippen LogP contribution is -1.98. The smallest absolute Gasteiger partial charge is 0.220 e. The Bertz CT molecular complexity index is 456. The molecule has 1 heterocycles. The fourth-order valence-electron chi connectivity index (χ4n) is 1.39. The first-order valence-corrected chi connectivity index (χ1v) is 4.62. The van der Waals surface area contributed by atoms with Crippen LogP contribution in [0.1, 0.15) is 5.69 Å². The van der Waals surface area contributed by atoms with Crippen molar-refractivity contribution in [2.24, 2.45) is 0 Å². The standard InChI is InChI=1S/C11H12N4/c1-7-6-10(15-11(13)14-7)8-2-4-9(12)5-3-8/h2-6H,12H2,1H3,(H2,13,14,15). The van der Waals surface area contributed by atoms with Gasteiger partial charge in [0.15, 0.2) is 0 Å². The molecule has 0 bridgehead atoms. The van der Waals surface area contributed by atoms with Crippen molar-refractivity contribution >= 4 is 11.6 Å². The second-order valence-electron chi connectivity index (χ2n) is 3.37. The van der Waals surface area contributed by atoms with Gasteiger partial charge in [0.25, 0.3) is 0 Å². The summed E-state index contributed by atoms with van der Waals surface area (Å²) < 4.78 is 0. The number of nitrogens with two attached hydrogens (primary N) is 2. The van der Waals surface area contributed by atoms with E-state index in [1.54, 1.807) is 0 Å². The summed E-state index contributed by atoms with van der Waals surface area (Å²) in [7, 11) is 0. The highest BCUT2D eigenvalue weighted by Crippen LogP contribution is 2.19. The minimum Gasteiger partial charge on any atom is -0.399 e. The van der Waals surface area contributed by atoms with E-state index in [9.17, 15) is 0 Å². The number of nitrogen functional groups attached to an aromatic ring is 2. The van der Waals surface area contributed by atoms with Crippen molar-refractivity contribution in [1.82, 2.24) is 9.97 Å². The number of anilines is 2. The predicted octanol–water partition coefficient (Wildman–Crippen LogP) is 1.62. The highest BCUT2D eigenvalue weighted by Gasteiger charge is 2.01. The molecule has 2 aromatic rings. The molecule has 2 rings (SSSR count). The Morgan fingerprint density at radius 3 is 2.27 bits per heavy atom. The van der Waals surface area contributed by atoms with Gasteiger partial charge in [0, 0.05) is 16.9 Å². The molecule has 0 unspecified atom stereocenters. The van der Waals surface area contributed by atoms with Gasteiger partial charge in [-0.25, -0.2) is 9.97 Å². The van der Waals surface area contributed by atoms with Gasteiger partial charge >= 0.3 is 0 Å². The average Bonchev–Trinajstić information content (AvgIpc) is 2.17. The van der Waals surface area contributed by atoms with Crippen LogP contribution in [0.5, 0.6) is 0 Å². The van der Waals surface area contributed by atoms with Gasteiger partial charge < -0.3 is 11.5 Å². The van der Waals surface area contributed by atoms with Crippen LogP contribution in [0.3, 0.4) is 0 Å². The first-order chi connectivity index (χ1) is 7.15. The fraction of sp³-hybridized carbons (Fsp3) is 0.0909. The van der Waals surface area contributed by atoms with Gasteiger partial charge in [0.1, 0.15) is 0 Å². The lowest BCUT2D eigenvalue weighted by Gasteiger charge is -2.03. The molecular weight excluding hydrogens is 188 g/mol. The quantitative estimate of drug-likeness (QED) is 0.685. The van der Waals surface area contributed by atoms with Gasteiger partial charge in [-0.2, -0.15) is 0 Å². The van der Waals surface area contributed by atoms with Crippen molar-refractivity contribution in [3.8, 4) is 11.3 Å². The van der Waals surface area contributed by atoms with Crippen LogP contribution in [0.2, 0.25) is 0 Å². The van der Waals surface area contributed by atoms with Gasteiger partial charge in [-0.05, 0) is 25.1 Å². The summed E-state index contributed by atoms with van der Waals surface area (Å²) in [4.78, 5) is 8.18. The van der Waals surface area contributed by atoms with Crippen LogP contribution in [0, 0.1) is 6.92 Å². The number of benzene rings is 1. The Morgan fingerprint density at radius 1 is 1.00 bits per heavy atom. The zero-order valence-corrected chi connectivity index (χ0v) is 8.44. The van der Waals surface area contributed by atoms with E-state index in [-0.39, 0.29) is 0 Å². The van der Waals surface area contributed by atoms with Gasteiger partial charge in [-0.1, -0.05) is 12.1 Å². The van der Waals surface area contributed by atoms with Gasteiger partial charge in [0.2, 0.25) is 5.95 Å². The molecule has 4 heteroatoms. The van der Waals surface area contributed by atoms with Crippen molar-refractivity contribution < 1.29 is 0 Å². The van der Waals surface area contributed by atoms with Crippen LogP contribution in [0.4, 0.5) is 11.6 Å². The zero-order valence-electron chi connectivity index (χ0n) is 8.44. The second-order valence-corrected chi connectivity index (χ2v) is 3.37. The summed E-state index contributed by atoms with van der Waals surface area (Å²) in [6, 6.07) is 9.39. The Morgan fingerprint density at radius 2 is 1.67 bits per heavy atom. The van der Waals surface area contributed by atoms with E-state index in [4.69, 9.17) is 11.5 Å². The molecule has 0 aliphatic rings. The fourth-order valence-corrected chi connectivity index (χ4v) is 1.39. The molecule has 0 amide bonds. The van der Waals surface area contributed by atoms with E-state index < -0.39 is 0 Å². The number of aromatic nitrogens is 2. The number of hydrogen-bond donors (Lipinski definition) is 2. The molecule has 1 aromatic heterocycles. The van der Waals surface area contributed by atoms with Crippen molar-refractivity contribution in [2.45, 2.75) is 6.92 Å². The first-order valence-electron chi connectivity index (χ1n) is 4.62. The molecule has 4 N–H and O–H groups in total. The normalized spacial score (nSPS) is 10.2. The SMILES string of the molecule is Cc1cc(-c2ccc(N)cc2)nc(N)n1. The third-order valence-corrected chi connectivity index (χ3v) is 2.08. The maximum Gasteiger partial charge on any atom is 0.220 e. The molecule has 0 radical (unpaired) electrons. The molecule has 0 spiro atoms. The van der Waals surface area contributed by atoms with E-state index in [0.717, 1.165) is 22.6 Å². The Balaban J connectivity index is 2.49. The minimum atomic E-state index is 0.293. The van der Waals surface area contributed by atoms with Gasteiger partial charge in [0.05, 0.1) is 5.69 Å². The summed E-state index contributed by atoms with van der Waals surface area (Å²) in [6.45, 7) is 1.89. The van der Waals surface area contributed by atoms with Crippen LogP contribution in [-0.4, -0.2) is 9.97 Å². The lowest BCUT2D eigenvalue weighted by molar-refractivity contribution is 1.12. The summed E-state index contributed by atoms with van der Waals surface area (Å²) in [5.74, 6) is 0.293. The maximum atomic E-state index is 5.61. The van der Waals surface area contributed by atoms with Crippen molar-refractivity contribution in [1.29, 1.82) is 0 Å². The highest BCUT2D eigenvalue weighted by atomic mass is 15.0. The largest absolute Gasteiger partial charge is 0.399 e. The monoisotopic (exact) mass is 200 g/mol. The predicted molar refractivity (Wildman–Crippen MR) is 61.0 cm³/mol. The molecule has 0 aliphatic carbocycles. The van der Waals surface area contributed by atoms with Crippen molar-refractivity contribution in [3.63, 3.8) is 0 Å². The minimum absolute atomic E-state index is 0.293. The van der Waals surface area contributed by atoms with Crippen molar-refractivity contribution in [2.75, 3.05) is 11.5 Å². The van der Waals surface area contributed by atoms with E-state index in [2.05, 4.69) is 9.97 Å². The second kappa shape index (κ2) is 3.57. The molecule has 0 saturated heterocycles. The van der Waals surface area contributed by atoms with Crippen LogP contribution < -0.4 is 11.5 Å². The Kier molecular flexibility index (Phi) is 2.25. The molecule has 0 saturated carbocycles. The number of nitrogens with zero attached hydrogens (tertiary/aromatic N) is 2. The summed E-state index contributed by atoms with van der Waals surface area (Å²) in [5, 5.41) is 0. The molecule has 4 nitrogen and oxygen atoms in total. The van der Waals surface area contributed by atoms with E-state index in [0.29, 0.717) is 5.95 Å². The molecular formula is C11H12N4. The van der Waals surface area contributed by atoms with Crippen LogP contribution in [-0.2, 0) is 0 Å². The molecule has 15 heavy (non-hydrogen) atoms. The topological polar surface area (TPSA) is 77.8 Å². The lowest BCUT2D eigenvalue weighted by atomic mass is 10.1. The average molecular weight is 200 g/mol. The summed E-state index contributed by atoms with van der Waals surface area (Å²) in [5.41, 5.74) is 14.6. The number of aryl methyl sites for hydroxylation is 1. The highest BCUT2D eigenvalue weighted by molar-refractivity contribution is 5.62. The van der Waals surface area contributed by atoms with Crippen LogP contribution in [0.15, 0.2) is 30.3 Å². The third kappa shape index (κ3) is 2.04.